The lowest BCUT2D eigenvalue weighted by Gasteiger charge is -1.96. The zero-order valence-corrected chi connectivity index (χ0v) is 17.1. The molecule has 0 radical (unpaired) electrons. The van der Waals surface area contributed by atoms with E-state index >= 15 is 0 Å². The minimum atomic E-state index is 0.550. The highest BCUT2D eigenvalue weighted by Gasteiger charge is 2.17. The van der Waals surface area contributed by atoms with Crippen molar-refractivity contribution >= 4 is 43.1 Å². The Balaban J connectivity index is 1.56. The van der Waals surface area contributed by atoms with E-state index in [0.29, 0.717) is 18.1 Å². The summed E-state index contributed by atoms with van der Waals surface area (Å²) in [5.41, 5.74) is 2.11. The van der Waals surface area contributed by atoms with Crippen LogP contribution in [-0.4, -0.2) is 29.4 Å². The number of halogens is 1. The zero-order chi connectivity index (χ0) is 18.5. The smallest absolute Gasteiger partial charge is 0.217 e. The Morgan fingerprint density at radius 2 is 2.19 bits per heavy atom. The molecule has 0 fully saturated rings. The summed E-state index contributed by atoms with van der Waals surface area (Å²) in [6, 6.07) is 3.82. The molecule has 5 aromatic rings. The Kier molecular flexibility index (Phi) is 3.87. The molecule has 5 aromatic heterocycles. The summed E-state index contributed by atoms with van der Waals surface area (Å²) >= 11 is 5.10. The van der Waals surface area contributed by atoms with E-state index in [1.54, 1.807) is 33.1 Å². The first kappa shape index (κ1) is 16.6. The number of aryl methyl sites for hydroxylation is 2. The molecule has 7 nitrogen and oxygen atoms in total. The predicted octanol–water partition coefficient (Wildman–Crippen LogP) is 4.48. The molecule has 0 aliphatic heterocycles. The van der Waals surface area contributed by atoms with Crippen LogP contribution < -0.4 is 0 Å². The summed E-state index contributed by atoms with van der Waals surface area (Å²) in [7, 11) is 0. The molecule has 0 atom stereocenters. The summed E-state index contributed by atoms with van der Waals surface area (Å²) in [6.45, 7) is 4.83. The number of rotatable bonds is 4. The van der Waals surface area contributed by atoms with Crippen LogP contribution in [-0.2, 0) is 13.0 Å². The second-order valence-electron chi connectivity index (χ2n) is 6.24. The van der Waals surface area contributed by atoms with Crippen LogP contribution in [0.2, 0.25) is 0 Å². The van der Waals surface area contributed by atoms with Crippen molar-refractivity contribution in [3.05, 3.63) is 51.5 Å². The van der Waals surface area contributed by atoms with Crippen molar-refractivity contribution in [3.8, 4) is 11.6 Å². The molecule has 5 rings (SSSR count). The lowest BCUT2D eigenvalue weighted by atomic mass is 10.1. The van der Waals surface area contributed by atoms with Crippen LogP contribution in [0.25, 0.3) is 27.4 Å². The molecule has 0 amide bonds. The highest BCUT2D eigenvalue weighted by Crippen LogP contribution is 2.33. The first-order valence-corrected chi connectivity index (χ1v) is 10.1. The molecule has 0 saturated heterocycles. The summed E-state index contributed by atoms with van der Waals surface area (Å²) in [6.07, 6.45) is 6.31. The van der Waals surface area contributed by atoms with Crippen molar-refractivity contribution in [3.63, 3.8) is 0 Å². The minimum Gasteiger partial charge on any atom is -0.456 e. The van der Waals surface area contributed by atoms with E-state index in [1.165, 1.54) is 10.4 Å². The normalized spacial score (nSPS) is 11.8. The molecular weight excluding hydrogens is 428 g/mol. The highest BCUT2D eigenvalue weighted by atomic mass is 79.9. The van der Waals surface area contributed by atoms with E-state index in [9.17, 15) is 0 Å². The van der Waals surface area contributed by atoms with Gasteiger partial charge in [0.15, 0.2) is 11.4 Å². The number of hydrogen-bond donors (Lipinski definition) is 0. The molecule has 0 bridgehead atoms. The summed E-state index contributed by atoms with van der Waals surface area (Å²) < 4.78 is 10.4. The fourth-order valence-electron chi connectivity index (χ4n) is 3.26. The van der Waals surface area contributed by atoms with E-state index in [0.717, 1.165) is 32.5 Å². The minimum absolute atomic E-state index is 0.550. The molecule has 0 saturated carbocycles. The average molecular weight is 443 g/mol. The standard InChI is InChI=1S/C18H15BrN6OS/c1-3-13-10(2)27-18-15(13)17-22-16(23-25(17)9-20-18)14-5-4-12(26-14)8-24-7-11(19)6-21-24/h4-7,9H,3,8H2,1-2H3. The van der Waals surface area contributed by atoms with Crippen molar-refractivity contribution in [2.75, 3.05) is 0 Å². The van der Waals surface area contributed by atoms with Gasteiger partial charge in [0, 0.05) is 11.1 Å². The number of furan rings is 1. The van der Waals surface area contributed by atoms with Gasteiger partial charge in [0.25, 0.3) is 0 Å². The number of fused-ring (bicyclic) bond motifs is 3. The van der Waals surface area contributed by atoms with Crippen molar-refractivity contribution in [2.24, 2.45) is 0 Å². The molecule has 0 unspecified atom stereocenters. The number of thiophene rings is 1. The van der Waals surface area contributed by atoms with Gasteiger partial charge in [-0.05, 0) is 47.0 Å². The van der Waals surface area contributed by atoms with E-state index in [-0.39, 0.29) is 0 Å². The Bertz CT molecular complexity index is 1280. The molecule has 0 spiro atoms. The Morgan fingerprint density at radius 1 is 1.30 bits per heavy atom. The Labute approximate surface area is 166 Å². The lowest BCUT2D eigenvalue weighted by Crippen LogP contribution is -1.97. The lowest BCUT2D eigenvalue weighted by molar-refractivity contribution is 0.487. The van der Waals surface area contributed by atoms with Gasteiger partial charge in [-0.15, -0.1) is 16.4 Å². The van der Waals surface area contributed by atoms with Gasteiger partial charge in [-0.3, -0.25) is 4.68 Å². The van der Waals surface area contributed by atoms with Crippen LogP contribution in [0.5, 0.6) is 0 Å². The maximum absolute atomic E-state index is 5.95. The average Bonchev–Trinajstić information content (AvgIpc) is 3.39. The van der Waals surface area contributed by atoms with E-state index < -0.39 is 0 Å². The third kappa shape index (κ3) is 2.78. The zero-order valence-electron chi connectivity index (χ0n) is 14.7. The first-order chi connectivity index (χ1) is 13.1. The van der Waals surface area contributed by atoms with Gasteiger partial charge in [-0.2, -0.15) is 5.10 Å². The molecule has 0 N–H and O–H groups in total. The summed E-state index contributed by atoms with van der Waals surface area (Å²) in [5, 5.41) is 9.91. The SMILES string of the molecule is CCc1c(C)sc2ncn3nc(-c4ccc(Cn5cc(Br)cn5)o4)nc3c12. The van der Waals surface area contributed by atoms with Gasteiger partial charge in [0.1, 0.15) is 16.9 Å². The first-order valence-electron chi connectivity index (χ1n) is 8.52. The Morgan fingerprint density at radius 3 is 2.96 bits per heavy atom. The summed E-state index contributed by atoms with van der Waals surface area (Å²) in [5.74, 6) is 1.99. The van der Waals surface area contributed by atoms with Gasteiger partial charge < -0.3 is 4.42 Å². The van der Waals surface area contributed by atoms with Crippen molar-refractivity contribution in [2.45, 2.75) is 26.8 Å². The maximum Gasteiger partial charge on any atom is 0.217 e. The molecule has 136 valence electrons. The van der Waals surface area contributed by atoms with Gasteiger partial charge >= 0.3 is 0 Å². The second kappa shape index (κ2) is 6.28. The topological polar surface area (TPSA) is 74.0 Å². The van der Waals surface area contributed by atoms with Gasteiger partial charge in [-0.25, -0.2) is 14.5 Å². The van der Waals surface area contributed by atoms with Gasteiger partial charge in [0.05, 0.1) is 22.6 Å². The van der Waals surface area contributed by atoms with Crippen molar-refractivity contribution in [1.29, 1.82) is 0 Å². The fourth-order valence-corrected chi connectivity index (χ4v) is 4.67. The van der Waals surface area contributed by atoms with Crippen molar-refractivity contribution in [1.82, 2.24) is 29.4 Å². The molecule has 27 heavy (non-hydrogen) atoms. The van der Waals surface area contributed by atoms with Crippen molar-refractivity contribution < 1.29 is 4.42 Å². The second-order valence-corrected chi connectivity index (χ2v) is 8.36. The molecule has 0 aliphatic rings. The van der Waals surface area contributed by atoms with Crippen LogP contribution in [0.15, 0.2) is 39.7 Å². The molecule has 0 aliphatic carbocycles. The van der Waals surface area contributed by atoms with Gasteiger partial charge in [0.2, 0.25) is 5.82 Å². The highest BCUT2D eigenvalue weighted by molar-refractivity contribution is 9.10. The molecule has 9 heteroatoms. The third-order valence-electron chi connectivity index (χ3n) is 4.48. The number of hydrogen-bond acceptors (Lipinski definition) is 6. The van der Waals surface area contributed by atoms with Crippen LogP contribution >= 0.6 is 27.3 Å². The summed E-state index contributed by atoms with van der Waals surface area (Å²) in [4.78, 5) is 11.6. The van der Waals surface area contributed by atoms with Crippen LogP contribution in [0.1, 0.15) is 23.1 Å². The van der Waals surface area contributed by atoms with Crippen LogP contribution in [0, 0.1) is 6.92 Å². The molecular formula is C18H15BrN6OS. The fraction of sp³-hybridized carbons (Fsp3) is 0.222. The third-order valence-corrected chi connectivity index (χ3v) is 5.95. The Hall–Kier alpha value is -2.52. The van der Waals surface area contributed by atoms with E-state index in [1.807, 2.05) is 18.3 Å². The largest absolute Gasteiger partial charge is 0.456 e. The molecule has 0 aromatic carbocycles. The quantitative estimate of drug-likeness (QED) is 0.410. The van der Waals surface area contributed by atoms with E-state index in [2.05, 4.69) is 45.0 Å². The number of nitrogens with zero attached hydrogens (tertiary/aromatic N) is 6. The van der Waals surface area contributed by atoms with Gasteiger partial charge in [-0.1, -0.05) is 6.92 Å². The molecule has 5 heterocycles. The van der Waals surface area contributed by atoms with E-state index in [4.69, 9.17) is 9.40 Å². The monoisotopic (exact) mass is 442 g/mol. The predicted molar refractivity (Wildman–Crippen MR) is 107 cm³/mol. The van der Waals surface area contributed by atoms with Crippen LogP contribution in [0.3, 0.4) is 0 Å². The number of aromatic nitrogens is 6. The maximum atomic E-state index is 5.95. The van der Waals surface area contributed by atoms with Crippen LogP contribution in [0.4, 0.5) is 0 Å².